The zero-order valence-electron chi connectivity index (χ0n) is 11.5. The van der Waals surface area contributed by atoms with Crippen LogP contribution in [0.25, 0.3) is 22.0 Å². The predicted molar refractivity (Wildman–Crippen MR) is 82.2 cm³/mol. The third-order valence-corrected chi connectivity index (χ3v) is 3.37. The van der Waals surface area contributed by atoms with E-state index < -0.39 is 5.91 Å². The lowest BCUT2D eigenvalue weighted by atomic mass is 10.00. The van der Waals surface area contributed by atoms with Crippen molar-refractivity contribution < 1.29 is 9.53 Å². The van der Waals surface area contributed by atoms with Crippen LogP contribution in [0, 0.1) is 0 Å². The van der Waals surface area contributed by atoms with E-state index in [1.54, 1.807) is 13.2 Å². The summed E-state index contributed by atoms with van der Waals surface area (Å²) in [6, 6.07) is 17.1. The quantitative estimate of drug-likeness (QED) is 0.801. The van der Waals surface area contributed by atoms with Crippen molar-refractivity contribution in [3.05, 3.63) is 60.3 Å². The Hall–Kier alpha value is -2.88. The highest BCUT2D eigenvalue weighted by molar-refractivity contribution is 6.00. The van der Waals surface area contributed by atoms with Crippen LogP contribution in [-0.2, 0) is 0 Å². The lowest BCUT2D eigenvalue weighted by Crippen LogP contribution is -2.13. The maximum absolute atomic E-state index is 11.5. The molecule has 0 aliphatic rings. The lowest BCUT2D eigenvalue weighted by molar-refractivity contribution is 0.0996. The smallest absolute Gasteiger partial charge is 0.267 e. The van der Waals surface area contributed by atoms with E-state index in [1.165, 1.54) is 0 Å². The molecule has 104 valence electrons. The second-order valence-electron chi connectivity index (χ2n) is 4.66. The van der Waals surface area contributed by atoms with Gasteiger partial charge in [0.25, 0.3) is 5.91 Å². The van der Waals surface area contributed by atoms with Gasteiger partial charge in [0.1, 0.15) is 11.4 Å². The van der Waals surface area contributed by atoms with Crippen LogP contribution in [0.15, 0.2) is 54.6 Å². The van der Waals surface area contributed by atoms with E-state index in [2.05, 4.69) is 4.98 Å². The Morgan fingerprint density at radius 1 is 1.10 bits per heavy atom. The monoisotopic (exact) mass is 278 g/mol. The Bertz CT molecular complexity index is 811. The minimum atomic E-state index is -0.532. The molecule has 3 aromatic rings. The number of carbonyl (C=O) groups excluding carboxylic acids is 1. The molecule has 1 heterocycles. The largest absolute Gasteiger partial charge is 0.497 e. The van der Waals surface area contributed by atoms with E-state index in [0.29, 0.717) is 0 Å². The Balaban J connectivity index is 2.25. The number of benzene rings is 2. The van der Waals surface area contributed by atoms with Gasteiger partial charge in [-0.05, 0) is 35.4 Å². The second-order valence-corrected chi connectivity index (χ2v) is 4.66. The van der Waals surface area contributed by atoms with Gasteiger partial charge < -0.3 is 10.5 Å². The van der Waals surface area contributed by atoms with E-state index in [-0.39, 0.29) is 5.69 Å². The van der Waals surface area contributed by atoms with Crippen LogP contribution in [0.5, 0.6) is 5.75 Å². The van der Waals surface area contributed by atoms with E-state index in [9.17, 15) is 4.79 Å². The number of methoxy groups -OCH3 is 1. The van der Waals surface area contributed by atoms with Gasteiger partial charge in [-0.15, -0.1) is 0 Å². The molecule has 0 fully saturated rings. The number of amides is 1. The number of ether oxygens (including phenoxy) is 1. The summed E-state index contributed by atoms with van der Waals surface area (Å²) in [7, 11) is 1.63. The number of pyridine rings is 1. The van der Waals surface area contributed by atoms with Crippen molar-refractivity contribution in [1.82, 2.24) is 4.98 Å². The van der Waals surface area contributed by atoms with E-state index in [1.807, 2.05) is 48.5 Å². The average molecular weight is 278 g/mol. The maximum atomic E-state index is 11.5. The first-order chi connectivity index (χ1) is 10.2. The van der Waals surface area contributed by atoms with Gasteiger partial charge in [-0.25, -0.2) is 4.98 Å². The number of nitrogens with zero attached hydrogens (tertiary/aromatic N) is 1. The lowest BCUT2D eigenvalue weighted by Gasteiger charge is -2.09. The van der Waals surface area contributed by atoms with Crippen LogP contribution in [0.2, 0.25) is 0 Å². The van der Waals surface area contributed by atoms with E-state index in [4.69, 9.17) is 10.5 Å². The summed E-state index contributed by atoms with van der Waals surface area (Å²) in [6.45, 7) is 0. The molecule has 0 unspecified atom stereocenters. The second kappa shape index (κ2) is 5.25. The Kier molecular flexibility index (Phi) is 3.28. The van der Waals surface area contributed by atoms with E-state index in [0.717, 1.165) is 27.8 Å². The molecule has 1 aromatic heterocycles. The fourth-order valence-electron chi connectivity index (χ4n) is 2.31. The Morgan fingerprint density at radius 3 is 2.48 bits per heavy atom. The maximum Gasteiger partial charge on any atom is 0.267 e. The molecule has 21 heavy (non-hydrogen) atoms. The molecular formula is C17H14N2O2. The molecule has 0 saturated heterocycles. The van der Waals surface area contributed by atoms with Crippen molar-refractivity contribution >= 4 is 16.8 Å². The first-order valence-electron chi connectivity index (χ1n) is 6.53. The summed E-state index contributed by atoms with van der Waals surface area (Å²) in [5, 5.41) is 0.979. The molecule has 0 spiro atoms. The molecule has 0 saturated carbocycles. The normalized spacial score (nSPS) is 10.5. The summed E-state index contributed by atoms with van der Waals surface area (Å²) in [5.41, 5.74) is 8.30. The highest BCUT2D eigenvalue weighted by atomic mass is 16.5. The van der Waals surface area contributed by atoms with Crippen LogP contribution in [0.4, 0.5) is 0 Å². The van der Waals surface area contributed by atoms with Crippen molar-refractivity contribution in [2.75, 3.05) is 7.11 Å². The van der Waals surface area contributed by atoms with Gasteiger partial charge in [-0.3, -0.25) is 4.79 Å². The first kappa shape index (κ1) is 13.1. The van der Waals surface area contributed by atoms with Gasteiger partial charge in [-0.1, -0.05) is 30.3 Å². The van der Waals surface area contributed by atoms with Crippen molar-refractivity contribution in [2.45, 2.75) is 0 Å². The van der Waals surface area contributed by atoms with Gasteiger partial charge in [0, 0.05) is 5.39 Å². The Morgan fingerprint density at radius 2 is 1.81 bits per heavy atom. The summed E-state index contributed by atoms with van der Waals surface area (Å²) in [5.74, 6) is 0.253. The fourth-order valence-corrected chi connectivity index (χ4v) is 2.31. The van der Waals surface area contributed by atoms with Gasteiger partial charge in [-0.2, -0.15) is 0 Å². The molecule has 4 heteroatoms. The van der Waals surface area contributed by atoms with Gasteiger partial charge >= 0.3 is 0 Å². The molecule has 2 N–H and O–H groups in total. The molecular weight excluding hydrogens is 264 g/mol. The number of primary amides is 1. The zero-order chi connectivity index (χ0) is 14.8. The van der Waals surface area contributed by atoms with Gasteiger partial charge in [0.2, 0.25) is 0 Å². The van der Waals surface area contributed by atoms with Crippen molar-refractivity contribution in [1.29, 1.82) is 0 Å². The molecule has 0 bridgehead atoms. The number of nitrogens with two attached hydrogens (primary N) is 1. The van der Waals surface area contributed by atoms with Crippen molar-refractivity contribution in [3.63, 3.8) is 0 Å². The van der Waals surface area contributed by atoms with Crippen LogP contribution < -0.4 is 10.5 Å². The predicted octanol–water partition coefficient (Wildman–Crippen LogP) is 3.01. The van der Waals surface area contributed by atoms with Crippen molar-refractivity contribution in [2.24, 2.45) is 5.73 Å². The molecule has 0 atom stereocenters. The minimum Gasteiger partial charge on any atom is -0.497 e. The van der Waals surface area contributed by atoms with Gasteiger partial charge in [0.15, 0.2) is 0 Å². The number of para-hydroxylation sites is 1. The Labute approximate surface area is 122 Å². The number of rotatable bonds is 3. The van der Waals surface area contributed by atoms with E-state index >= 15 is 0 Å². The third kappa shape index (κ3) is 2.43. The number of carbonyl (C=O) groups is 1. The summed E-state index contributed by atoms with van der Waals surface area (Å²) in [4.78, 5) is 15.8. The first-order valence-corrected chi connectivity index (χ1v) is 6.53. The highest BCUT2D eigenvalue weighted by Crippen LogP contribution is 2.29. The SMILES string of the molecule is COc1ccc(-c2cc(C(N)=O)nc3ccccc23)cc1. The fraction of sp³-hybridized carbons (Fsp3) is 0.0588. The van der Waals surface area contributed by atoms with Crippen LogP contribution >= 0.6 is 0 Å². The van der Waals surface area contributed by atoms with Gasteiger partial charge in [0.05, 0.1) is 12.6 Å². The van der Waals surface area contributed by atoms with Crippen LogP contribution in [0.3, 0.4) is 0 Å². The summed E-state index contributed by atoms with van der Waals surface area (Å²) < 4.78 is 5.17. The topological polar surface area (TPSA) is 65.2 Å². The molecule has 4 nitrogen and oxygen atoms in total. The van der Waals surface area contributed by atoms with Crippen LogP contribution in [-0.4, -0.2) is 18.0 Å². The minimum absolute atomic E-state index is 0.263. The number of hydrogen-bond acceptors (Lipinski definition) is 3. The molecule has 0 aliphatic heterocycles. The number of fused-ring (bicyclic) bond motifs is 1. The third-order valence-electron chi connectivity index (χ3n) is 3.37. The highest BCUT2D eigenvalue weighted by Gasteiger charge is 2.10. The molecule has 2 aromatic carbocycles. The summed E-state index contributed by atoms with van der Waals surface area (Å²) in [6.07, 6.45) is 0. The standard InChI is InChI=1S/C17H14N2O2/c1-21-12-8-6-11(7-9-12)14-10-16(17(18)20)19-15-5-3-2-4-13(14)15/h2-10H,1H3,(H2,18,20). The molecule has 0 aliphatic carbocycles. The average Bonchev–Trinajstić information content (AvgIpc) is 2.54. The van der Waals surface area contributed by atoms with Crippen molar-refractivity contribution in [3.8, 4) is 16.9 Å². The number of hydrogen-bond donors (Lipinski definition) is 1. The molecule has 3 rings (SSSR count). The summed E-state index contributed by atoms with van der Waals surface area (Å²) >= 11 is 0. The van der Waals surface area contributed by atoms with Crippen LogP contribution in [0.1, 0.15) is 10.5 Å². The molecule has 0 radical (unpaired) electrons. The molecule has 1 amide bonds. The zero-order valence-corrected chi connectivity index (χ0v) is 11.5. The number of aromatic nitrogens is 1.